The molecule has 1 aliphatic heterocycles. The normalized spacial score (nSPS) is 19.8. The molecular weight excluding hydrogens is 323 g/mol. The Morgan fingerprint density at radius 3 is 2.38 bits per heavy atom. The molecule has 1 aromatic rings. The largest absolute Gasteiger partial charge is 0.468 e. The number of hydrogen-bond donors (Lipinski definition) is 1. The van der Waals surface area contributed by atoms with Crippen LogP contribution in [0.3, 0.4) is 0 Å². The zero-order valence-electron chi connectivity index (χ0n) is 13.7. The summed E-state index contributed by atoms with van der Waals surface area (Å²) >= 11 is 0. The molecule has 1 N–H and O–H groups in total. The van der Waals surface area contributed by atoms with Gasteiger partial charge in [0.1, 0.15) is 6.04 Å². The van der Waals surface area contributed by atoms with E-state index in [9.17, 15) is 23.1 Å². The predicted molar refractivity (Wildman–Crippen MR) is 82.2 cm³/mol. The van der Waals surface area contributed by atoms with Gasteiger partial charge >= 0.3 is 12.1 Å². The topological polar surface area (TPSA) is 49.8 Å². The number of esters is 1. The van der Waals surface area contributed by atoms with Crippen molar-refractivity contribution in [2.75, 3.05) is 20.2 Å². The van der Waals surface area contributed by atoms with Crippen LogP contribution in [-0.2, 0) is 15.7 Å². The number of halogens is 3. The van der Waals surface area contributed by atoms with Gasteiger partial charge in [-0.3, -0.25) is 4.90 Å². The molecule has 24 heavy (non-hydrogen) atoms. The second kappa shape index (κ2) is 7.53. The number of ether oxygens (including phenoxy) is 1. The lowest BCUT2D eigenvalue weighted by Gasteiger charge is -2.37. The Balaban J connectivity index is 2.33. The molecule has 1 aliphatic rings. The second-order valence-electron chi connectivity index (χ2n) is 6.12. The van der Waals surface area contributed by atoms with Crippen molar-refractivity contribution in [3.8, 4) is 0 Å². The van der Waals surface area contributed by atoms with Gasteiger partial charge in [-0.15, -0.1) is 0 Å². The van der Waals surface area contributed by atoms with Crippen molar-refractivity contribution in [2.45, 2.75) is 38.1 Å². The molecule has 0 aliphatic carbocycles. The number of benzene rings is 1. The van der Waals surface area contributed by atoms with E-state index in [1.165, 1.54) is 25.3 Å². The summed E-state index contributed by atoms with van der Waals surface area (Å²) in [7, 11) is 1.17. The van der Waals surface area contributed by atoms with Crippen molar-refractivity contribution in [3.05, 3.63) is 35.4 Å². The first-order valence-corrected chi connectivity index (χ1v) is 7.91. The minimum absolute atomic E-state index is 0.0904. The molecule has 0 spiro atoms. The number of nitrogens with zero attached hydrogens (tertiary/aromatic N) is 1. The van der Waals surface area contributed by atoms with Crippen LogP contribution in [-0.4, -0.2) is 42.3 Å². The molecule has 4 nitrogen and oxygen atoms in total. The third-order valence-electron chi connectivity index (χ3n) is 4.61. The molecule has 0 bridgehead atoms. The molecule has 7 heteroatoms. The summed E-state index contributed by atoms with van der Waals surface area (Å²) in [6.45, 7) is 2.57. The lowest BCUT2D eigenvalue weighted by Crippen LogP contribution is -2.43. The van der Waals surface area contributed by atoms with Crippen molar-refractivity contribution < 1.29 is 27.8 Å². The van der Waals surface area contributed by atoms with Gasteiger partial charge in [0.05, 0.1) is 18.8 Å². The van der Waals surface area contributed by atoms with E-state index in [1.807, 2.05) is 0 Å². The Morgan fingerprint density at radius 1 is 1.29 bits per heavy atom. The molecule has 2 atom stereocenters. The minimum atomic E-state index is -4.54. The average molecular weight is 345 g/mol. The number of rotatable bonds is 4. The number of alkyl halides is 3. The average Bonchev–Trinajstić information content (AvgIpc) is 2.55. The van der Waals surface area contributed by atoms with Gasteiger partial charge in [0.2, 0.25) is 0 Å². The Labute approximate surface area is 139 Å². The zero-order valence-corrected chi connectivity index (χ0v) is 13.7. The predicted octanol–water partition coefficient (Wildman–Crippen LogP) is 3.01. The van der Waals surface area contributed by atoms with Crippen LogP contribution in [0.1, 0.15) is 36.9 Å². The van der Waals surface area contributed by atoms with Crippen LogP contribution in [0.5, 0.6) is 0 Å². The molecule has 0 amide bonds. The summed E-state index contributed by atoms with van der Waals surface area (Å²) < 4.78 is 44.7. The van der Waals surface area contributed by atoms with E-state index in [2.05, 4.69) is 0 Å². The van der Waals surface area contributed by atoms with E-state index in [-0.39, 0.29) is 11.5 Å². The van der Waals surface area contributed by atoms with Gasteiger partial charge in [-0.2, -0.15) is 13.2 Å². The fourth-order valence-corrected chi connectivity index (χ4v) is 3.24. The number of hydrogen-bond acceptors (Lipinski definition) is 4. The van der Waals surface area contributed by atoms with Crippen LogP contribution in [0, 0.1) is 5.92 Å². The van der Waals surface area contributed by atoms with Crippen LogP contribution in [0.2, 0.25) is 0 Å². The smallest absolute Gasteiger partial charge is 0.416 e. The van der Waals surface area contributed by atoms with Gasteiger partial charge < -0.3 is 9.84 Å². The van der Waals surface area contributed by atoms with Crippen molar-refractivity contribution in [1.82, 2.24) is 4.90 Å². The summed E-state index contributed by atoms with van der Waals surface area (Å²) in [5.74, 6) is -0.611. The Bertz CT molecular complexity index is 566. The molecule has 0 unspecified atom stereocenters. The first kappa shape index (κ1) is 18.7. The maximum atomic E-state index is 13.3. The highest BCUT2D eigenvalue weighted by atomic mass is 19.4. The highest BCUT2D eigenvalue weighted by Crippen LogP contribution is 2.38. The van der Waals surface area contributed by atoms with E-state index >= 15 is 0 Å². The number of carbonyl (C=O) groups excluding carboxylic acids is 1. The number of likely N-dealkylation sites (tertiary alicyclic amines) is 1. The van der Waals surface area contributed by atoms with Crippen LogP contribution >= 0.6 is 0 Å². The number of aliphatic hydroxyl groups excluding tert-OH is 1. The first-order valence-electron chi connectivity index (χ1n) is 7.91. The molecule has 0 saturated carbocycles. The molecular formula is C17H22F3NO3. The molecule has 0 aromatic heterocycles. The van der Waals surface area contributed by atoms with Crippen LogP contribution in [0.15, 0.2) is 24.3 Å². The summed E-state index contributed by atoms with van der Waals surface area (Å²) in [5.41, 5.74) is -0.912. The van der Waals surface area contributed by atoms with Gasteiger partial charge in [0, 0.05) is 0 Å². The van der Waals surface area contributed by atoms with Gasteiger partial charge in [0.25, 0.3) is 0 Å². The highest BCUT2D eigenvalue weighted by Gasteiger charge is 2.40. The monoisotopic (exact) mass is 345 g/mol. The molecule has 134 valence electrons. The molecule has 1 heterocycles. The van der Waals surface area contributed by atoms with Gasteiger partial charge in [-0.25, -0.2) is 4.79 Å². The van der Waals surface area contributed by atoms with Crippen molar-refractivity contribution in [2.24, 2.45) is 5.92 Å². The molecule has 1 saturated heterocycles. The van der Waals surface area contributed by atoms with Crippen molar-refractivity contribution in [1.29, 1.82) is 0 Å². The van der Waals surface area contributed by atoms with E-state index < -0.39 is 29.9 Å². The first-order chi connectivity index (χ1) is 11.3. The molecule has 2 rings (SSSR count). The number of methoxy groups -OCH3 is 1. The lowest BCUT2D eigenvalue weighted by atomic mass is 9.89. The zero-order chi connectivity index (χ0) is 17.9. The van der Waals surface area contributed by atoms with Gasteiger partial charge in [-0.05, 0) is 50.4 Å². The fourth-order valence-electron chi connectivity index (χ4n) is 3.24. The minimum Gasteiger partial charge on any atom is -0.468 e. The third-order valence-corrected chi connectivity index (χ3v) is 4.61. The summed E-state index contributed by atoms with van der Waals surface area (Å²) in [4.78, 5) is 13.9. The Kier molecular flexibility index (Phi) is 5.87. The number of aliphatic hydroxyl groups is 1. The second-order valence-corrected chi connectivity index (χ2v) is 6.12. The lowest BCUT2D eigenvalue weighted by molar-refractivity contribution is -0.149. The van der Waals surface area contributed by atoms with Crippen LogP contribution < -0.4 is 0 Å². The SMILES string of the molecule is COC(=O)[C@@H](c1ccccc1C(F)(F)F)N1CCC([C@@H](C)O)CC1. The number of carbonyl (C=O) groups is 1. The third kappa shape index (κ3) is 4.08. The van der Waals surface area contributed by atoms with E-state index in [0.29, 0.717) is 25.9 Å². The van der Waals surface area contributed by atoms with Gasteiger partial charge in [-0.1, -0.05) is 18.2 Å². The summed E-state index contributed by atoms with van der Waals surface area (Å²) in [6, 6.07) is 4.00. The standard InChI is InChI=1S/C17H22F3NO3/c1-11(22)12-7-9-21(10-8-12)15(16(23)24-2)13-5-3-4-6-14(13)17(18,19)20/h3-6,11-12,15,22H,7-10H2,1-2H3/t11-,15-/m1/s1. The summed E-state index contributed by atoms with van der Waals surface area (Å²) in [5, 5.41) is 9.67. The maximum Gasteiger partial charge on any atom is 0.416 e. The maximum absolute atomic E-state index is 13.3. The van der Waals surface area contributed by atoms with Crippen LogP contribution in [0.25, 0.3) is 0 Å². The Hall–Kier alpha value is -1.60. The van der Waals surface area contributed by atoms with Crippen LogP contribution in [0.4, 0.5) is 13.2 Å². The fraction of sp³-hybridized carbons (Fsp3) is 0.588. The highest BCUT2D eigenvalue weighted by molar-refractivity contribution is 5.78. The molecule has 0 radical (unpaired) electrons. The molecule has 1 fully saturated rings. The van der Waals surface area contributed by atoms with E-state index in [1.54, 1.807) is 11.8 Å². The number of piperidine rings is 1. The van der Waals surface area contributed by atoms with Crippen molar-refractivity contribution >= 4 is 5.97 Å². The quantitative estimate of drug-likeness (QED) is 0.853. The Morgan fingerprint density at radius 2 is 1.88 bits per heavy atom. The van der Waals surface area contributed by atoms with Crippen molar-refractivity contribution in [3.63, 3.8) is 0 Å². The van der Waals surface area contributed by atoms with Gasteiger partial charge in [0.15, 0.2) is 0 Å². The summed E-state index contributed by atoms with van der Waals surface area (Å²) in [6.07, 6.45) is -3.76. The van der Waals surface area contributed by atoms with E-state index in [4.69, 9.17) is 4.74 Å². The van der Waals surface area contributed by atoms with E-state index in [0.717, 1.165) is 6.07 Å². The molecule has 1 aromatic carbocycles.